The summed E-state index contributed by atoms with van der Waals surface area (Å²) in [6.07, 6.45) is -0.804. The zero-order chi connectivity index (χ0) is 14.0. The molecule has 0 fully saturated rings. The second-order valence-corrected chi connectivity index (χ2v) is 5.97. The van der Waals surface area contributed by atoms with Crippen LogP contribution >= 0.6 is 38.9 Å². The molecule has 0 aliphatic heterocycles. The maximum atomic E-state index is 10.4. The van der Waals surface area contributed by atoms with E-state index in [4.69, 9.17) is 21.1 Å². The van der Waals surface area contributed by atoms with E-state index in [0.717, 1.165) is 4.47 Å². The van der Waals surface area contributed by atoms with Crippen molar-refractivity contribution < 1.29 is 14.6 Å². The van der Waals surface area contributed by atoms with E-state index in [1.165, 1.54) is 11.3 Å². The Labute approximate surface area is 128 Å². The molecule has 0 saturated heterocycles. The molecule has 0 spiro atoms. The van der Waals surface area contributed by atoms with Crippen LogP contribution in [0.2, 0.25) is 5.02 Å². The Kier molecular flexibility index (Phi) is 4.73. The number of hydrogen-bond donors (Lipinski definition) is 1. The molecule has 3 nitrogen and oxygen atoms in total. The highest BCUT2D eigenvalue weighted by atomic mass is 79.9. The number of methoxy groups -OCH3 is 2. The summed E-state index contributed by atoms with van der Waals surface area (Å²) in [7, 11) is 3.12. The molecular formula is C13H12BrClO3S. The molecule has 0 saturated carbocycles. The number of ether oxygens (including phenoxy) is 2. The summed E-state index contributed by atoms with van der Waals surface area (Å²) in [6.45, 7) is 0. The first-order valence-corrected chi connectivity index (χ1v) is 7.46. The van der Waals surface area contributed by atoms with Gasteiger partial charge in [0.1, 0.15) is 6.10 Å². The lowest BCUT2D eigenvalue weighted by Crippen LogP contribution is -2.01. The van der Waals surface area contributed by atoms with Crippen molar-refractivity contribution in [2.24, 2.45) is 0 Å². The fourth-order valence-corrected chi connectivity index (χ4v) is 3.42. The van der Waals surface area contributed by atoms with Gasteiger partial charge in [0.25, 0.3) is 0 Å². The van der Waals surface area contributed by atoms with E-state index < -0.39 is 6.10 Å². The number of halogens is 2. The zero-order valence-electron chi connectivity index (χ0n) is 10.3. The van der Waals surface area contributed by atoms with Crippen LogP contribution in [0.25, 0.3) is 0 Å². The summed E-state index contributed by atoms with van der Waals surface area (Å²) in [5, 5.41) is 12.8. The lowest BCUT2D eigenvalue weighted by atomic mass is 10.1. The van der Waals surface area contributed by atoms with Gasteiger partial charge < -0.3 is 14.6 Å². The van der Waals surface area contributed by atoms with Crippen LogP contribution in [0, 0.1) is 0 Å². The average molecular weight is 364 g/mol. The molecule has 0 aliphatic rings. The minimum atomic E-state index is -0.804. The fraction of sp³-hybridized carbons (Fsp3) is 0.231. The van der Waals surface area contributed by atoms with Gasteiger partial charge >= 0.3 is 0 Å². The Morgan fingerprint density at radius 3 is 2.42 bits per heavy atom. The van der Waals surface area contributed by atoms with E-state index in [-0.39, 0.29) is 0 Å². The summed E-state index contributed by atoms with van der Waals surface area (Å²) in [5.41, 5.74) is 0.682. The van der Waals surface area contributed by atoms with Crippen LogP contribution in [0.1, 0.15) is 16.5 Å². The Morgan fingerprint density at radius 2 is 1.89 bits per heavy atom. The number of benzene rings is 1. The minimum Gasteiger partial charge on any atom is -0.493 e. The van der Waals surface area contributed by atoms with Crippen molar-refractivity contribution in [2.75, 3.05) is 14.2 Å². The van der Waals surface area contributed by atoms with E-state index in [1.54, 1.807) is 32.4 Å². The second kappa shape index (κ2) is 6.13. The Balaban J connectivity index is 2.48. The maximum Gasteiger partial charge on any atom is 0.161 e. The fourth-order valence-electron chi connectivity index (χ4n) is 1.72. The van der Waals surface area contributed by atoms with Gasteiger partial charge in [-0.1, -0.05) is 27.5 Å². The third-order valence-corrected chi connectivity index (χ3v) is 4.79. The molecule has 6 heteroatoms. The number of aliphatic hydroxyl groups excluding tert-OH is 1. The molecule has 0 aliphatic carbocycles. The van der Waals surface area contributed by atoms with Gasteiger partial charge in [0.15, 0.2) is 11.5 Å². The summed E-state index contributed by atoms with van der Waals surface area (Å²) in [5.74, 6) is 1.16. The van der Waals surface area contributed by atoms with Crippen LogP contribution in [0.15, 0.2) is 28.1 Å². The van der Waals surface area contributed by atoms with Crippen LogP contribution in [-0.2, 0) is 0 Å². The monoisotopic (exact) mass is 362 g/mol. The van der Waals surface area contributed by atoms with Gasteiger partial charge in [-0.25, -0.2) is 0 Å². The normalized spacial score (nSPS) is 12.3. The summed E-state index contributed by atoms with van der Waals surface area (Å²) in [4.78, 5) is 0.703. The van der Waals surface area contributed by atoms with Gasteiger partial charge in [-0.2, -0.15) is 0 Å². The standard InChI is InChI=1S/C13H12BrClO3S/c1-17-10-5-7(8(14)6-11(10)18-2)12(16)13-9(15)3-4-19-13/h3-6,12,16H,1-2H3. The molecule has 102 valence electrons. The van der Waals surface area contributed by atoms with Gasteiger partial charge in [0, 0.05) is 10.0 Å². The molecule has 19 heavy (non-hydrogen) atoms. The molecule has 1 aromatic carbocycles. The van der Waals surface area contributed by atoms with Gasteiger partial charge in [0.2, 0.25) is 0 Å². The molecule has 1 heterocycles. The van der Waals surface area contributed by atoms with Crippen molar-refractivity contribution in [3.05, 3.63) is 43.5 Å². The minimum absolute atomic E-state index is 0.555. The second-order valence-electron chi connectivity index (χ2n) is 3.76. The molecular weight excluding hydrogens is 352 g/mol. The van der Waals surface area contributed by atoms with Gasteiger partial charge in [-0.05, 0) is 23.6 Å². The molecule has 0 bridgehead atoms. The molecule has 0 radical (unpaired) electrons. The van der Waals surface area contributed by atoms with Gasteiger partial charge in [-0.3, -0.25) is 0 Å². The number of rotatable bonds is 4. The predicted molar refractivity (Wildman–Crippen MR) is 80.6 cm³/mol. The topological polar surface area (TPSA) is 38.7 Å². The zero-order valence-corrected chi connectivity index (χ0v) is 13.5. The van der Waals surface area contributed by atoms with Crippen LogP contribution < -0.4 is 9.47 Å². The lowest BCUT2D eigenvalue weighted by Gasteiger charge is -2.15. The molecule has 1 N–H and O–H groups in total. The van der Waals surface area contributed by atoms with E-state index in [9.17, 15) is 5.11 Å². The van der Waals surface area contributed by atoms with Crippen molar-refractivity contribution in [1.29, 1.82) is 0 Å². The van der Waals surface area contributed by atoms with Crippen LogP contribution in [0.3, 0.4) is 0 Å². The van der Waals surface area contributed by atoms with Crippen molar-refractivity contribution in [3.8, 4) is 11.5 Å². The smallest absolute Gasteiger partial charge is 0.161 e. The number of hydrogen-bond acceptors (Lipinski definition) is 4. The largest absolute Gasteiger partial charge is 0.493 e. The maximum absolute atomic E-state index is 10.4. The van der Waals surface area contributed by atoms with Crippen molar-refractivity contribution in [3.63, 3.8) is 0 Å². The molecule has 0 amide bonds. The van der Waals surface area contributed by atoms with Crippen LogP contribution in [0.4, 0.5) is 0 Å². The Morgan fingerprint density at radius 1 is 1.26 bits per heavy atom. The van der Waals surface area contributed by atoms with E-state index in [1.807, 2.05) is 5.38 Å². The lowest BCUT2D eigenvalue weighted by molar-refractivity contribution is 0.222. The molecule has 2 rings (SSSR count). The Bertz CT molecular complexity index is 585. The molecule has 2 aromatic rings. The molecule has 1 atom stereocenters. The molecule has 1 aromatic heterocycles. The van der Waals surface area contributed by atoms with Crippen molar-refractivity contribution in [1.82, 2.24) is 0 Å². The van der Waals surface area contributed by atoms with Crippen molar-refractivity contribution in [2.45, 2.75) is 6.10 Å². The average Bonchev–Trinajstić information content (AvgIpc) is 2.83. The first-order chi connectivity index (χ1) is 9.08. The van der Waals surface area contributed by atoms with E-state index in [0.29, 0.717) is 27.0 Å². The first kappa shape index (κ1) is 14.7. The summed E-state index contributed by atoms with van der Waals surface area (Å²) < 4.78 is 11.2. The molecule has 1 unspecified atom stereocenters. The van der Waals surface area contributed by atoms with E-state index >= 15 is 0 Å². The summed E-state index contributed by atoms with van der Waals surface area (Å²) in [6, 6.07) is 5.27. The highest BCUT2D eigenvalue weighted by Crippen LogP contribution is 2.40. The van der Waals surface area contributed by atoms with Crippen LogP contribution in [0.5, 0.6) is 11.5 Å². The van der Waals surface area contributed by atoms with Crippen LogP contribution in [-0.4, -0.2) is 19.3 Å². The quantitative estimate of drug-likeness (QED) is 0.882. The predicted octanol–water partition coefficient (Wildman–Crippen LogP) is 4.26. The number of aliphatic hydroxyl groups is 1. The van der Waals surface area contributed by atoms with Gasteiger partial charge in [-0.15, -0.1) is 11.3 Å². The van der Waals surface area contributed by atoms with Crippen molar-refractivity contribution >= 4 is 38.9 Å². The van der Waals surface area contributed by atoms with Gasteiger partial charge in [0.05, 0.1) is 24.1 Å². The summed E-state index contributed by atoms with van der Waals surface area (Å²) >= 11 is 10.9. The Hall–Kier alpha value is -0.750. The van der Waals surface area contributed by atoms with E-state index in [2.05, 4.69) is 15.9 Å². The highest BCUT2D eigenvalue weighted by Gasteiger charge is 2.20. The highest BCUT2D eigenvalue weighted by molar-refractivity contribution is 9.10. The number of thiophene rings is 1. The third kappa shape index (κ3) is 2.89. The third-order valence-electron chi connectivity index (χ3n) is 2.69. The SMILES string of the molecule is COc1cc(Br)c(C(O)c2sccc2Cl)cc1OC. The first-order valence-electron chi connectivity index (χ1n) is 5.40.